The molecule has 0 bridgehead atoms. The highest BCUT2D eigenvalue weighted by molar-refractivity contribution is 6.09. The summed E-state index contributed by atoms with van der Waals surface area (Å²) in [6, 6.07) is 0.196. The van der Waals surface area contributed by atoms with Crippen LogP contribution in [0.15, 0.2) is 4.99 Å². The number of aliphatic imine (C=N–C) groups is 1. The average molecular weight is 238 g/mol. The molecule has 0 saturated carbocycles. The molecule has 0 radical (unpaired) electrons. The summed E-state index contributed by atoms with van der Waals surface area (Å²) in [4.78, 5) is 18.8. The molecule has 0 aliphatic carbocycles. The summed E-state index contributed by atoms with van der Waals surface area (Å²) in [5, 5.41) is 6.18. The van der Waals surface area contributed by atoms with Gasteiger partial charge in [-0.3, -0.25) is 15.1 Å². The van der Waals surface area contributed by atoms with Crippen LogP contribution < -0.4 is 10.6 Å². The minimum atomic E-state index is -0.418. The number of hydrogen-bond acceptors (Lipinski definition) is 3. The summed E-state index contributed by atoms with van der Waals surface area (Å²) in [5.41, 5.74) is -0.418. The number of nitrogens with zero attached hydrogens (tertiary/aromatic N) is 2. The number of hydrogen-bond donors (Lipinski definition) is 2. The first-order valence-electron chi connectivity index (χ1n) is 6.38. The first kappa shape index (κ1) is 12.4. The number of guanidine groups is 1. The highest BCUT2D eigenvalue weighted by atomic mass is 16.2. The van der Waals surface area contributed by atoms with Crippen molar-refractivity contribution >= 4 is 11.9 Å². The van der Waals surface area contributed by atoms with E-state index in [9.17, 15) is 4.79 Å². The van der Waals surface area contributed by atoms with Crippen LogP contribution in [-0.4, -0.2) is 48.5 Å². The fourth-order valence-electron chi connectivity index (χ4n) is 2.49. The Hall–Kier alpha value is -1.10. The second-order valence-electron chi connectivity index (χ2n) is 5.39. The van der Waals surface area contributed by atoms with E-state index >= 15 is 0 Å². The van der Waals surface area contributed by atoms with Crippen LogP contribution in [0.25, 0.3) is 0 Å². The largest absolute Gasteiger partial charge is 0.342 e. The fraction of sp³-hybridized carbons (Fsp3) is 0.833. The first-order valence-corrected chi connectivity index (χ1v) is 6.38. The summed E-state index contributed by atoms with van der Waals surface area (Å²) in [7, 11) is 2.11. The molecule has 5 heteroatoms. The standard InChI is InChI=1S/C12H22N4O/c1-9(2)13-11-14-10(17)12(15-11)5-4-7-16(3)8-6-12/h9H,4-8H2,1-3H3,(H2,13,14,15,17). The molecule has 5 nitrogen and oxygen atoms in total. The van der Waals surface area contributed by atoms with Crippen molar-refractivity contribution in [2.75, 3.05) is 20.1 Å². The highest BCUT2D eigenvalue weighted by Gasteiger charge is 2.45. The number of carbonyl (C=O) groups is 1. The lowest BCUT2D eigenvalue weighted by atomic mass is 9.91. The van der Waals surface area contributed by atoms with Gasteiger partial charge in [-0.25, -0.2) is 0 Å². The van der Waals surface area contributed by atoms with Gasteiger partial charge in [-0.15, -0.1) is 0 Å². The molecular weight excluding hydrogens is 216 g/mol. The predicted octanol–water partition coefficient (Wildman–Crippen LogP) is 0.325. The van der Waals surface area contributed by atoms with E-state index in [2.05, 4.69) is 27.6 Å². The Kier molecular flexibility index (Phi) is 3.38. The zero-order chi connectivity index (χ0) is 12.5. The van der Waals surface area contributed by atoms with Crippen LogP contribution in [0.5, 0.6) is 0 Å². The van der Waals surface area contributed by atoms with Gasteiger partial charge < -0.3 is 10.2 Å². The summed E-state index contributed by atoms with van der Waals surface area (Å²) in [6.45, 7) is 6.03. The Morgan fingerprint density at radius 3 is 2.82 bits per heavy atom. The first-order chi connectivity index (χ1) is 8.02. The van der Waals surface area contributed by atoms with Gasteiger partial charge in [-0.05, 0) is 46.7 Å². The molecule has 1 spiro atoms. The van der Waals surface area contributed by atoms with E-state index in [1.165, 1.54) is 0 Å². The normalized spacial score (nSPS) is 32.9. The molecule has 17 heavy (non-hydrogen) atoms. The van der Waals surface area contributed by atoms with E-state index in [1.807, 2.05) is 13.8 Å². The predicted molar refractivity (Wildman–Crippen MR) is 67.9 cm³/mol. The van der Waals surface area contributed by atoms with Gasteiger partial charge in [0.2, 0.25) is 0 Å². The topological polar surface area (TPSA) is 56.7 Å². The highest BCUT2D eigenvalue weighted by Crippen LogP contribution is 2.25. The van der Waals surface area contributed by atoms with Crippen LogP contribution in [0.4, 0.5) is 0 Å². The molecule has 0 aromatic carbocycles. The van der Waals surface area contributed by atoms with Gasteiger partial charge >= 0.3 is 0 Å². The maximum Gasteiger partial charge on any atom is 0.252 e. The van der Waals surface area contributed by atoms with Crippen molar-refractivity contribution in [2.45, 2.75) is 44.7 Å². The maximum atomic E-state index is 12.1. The lowest BCUT2D eigenvalue weighted by molar-refractivity contribution is -0.124. The number of carbonyl (C=O) groups excluding carboxylic acids is 1. The molecule has 0 aromatic heterocycles. The Bertz CT molecular complexity index is 339. The van der Waals surface area contributed by atoms with E-state index in [1.54, 1.807) is 0 Å². The third kappa shape index (κ3) is 2.60. The molecule has 1 amide bonds. The molecule has 2 aliphatic rings. The van der Waals surface area contributed by atoms with E-state index in [-0.39, 0.29) is 11.9 Å². The lowest BCUT2D eigenvalue weighted by Gasteiger charge is -2.24. The quantitative estimate of drug-likeness (QED) is 0.692. The molecule has 1 unspecified atom stereocenters. The van der Waals surface area contributed by atoms with E-state index in [0.29, 0.717) is 5.96 Å². The average Bonchev–Trinajstić information content (AvgIpc) is 2.41. The molecule has 2 heterocycles. The smallest absolute Gasteiger partial charge is 0.252 e. The Morgan fingerprint density at radius 2 is 2.12 bits per heavy atom. The van der Waals surface area contributed by atoms with Crippen molar-refractivity contribution in [1.82, 2.24) is 15.5 Å². The molecule has 96 valence electrons. The van der Waals surface area contributed by atoms with Crippen LogP contribution in [-0.2, 0) is 4.79 Å². The zero-order valence-corrected chi connectivity index (χ0v) is 10.9. The van der Waals surface area contributed by atoms with Gasteiger partial charge in [0.1, 0.15) is 5.54 Å². The summed E-state index contributed by atoms with van der Waals surface area (Å²) in [6.07, 6.45) is 2.79. The molecule has 2 saturated heterocycles. The number of nitrogens with one attached hydrogen (secondary N) is 2. The van der Waals surface area contributed by atoms with Crippen LogP contribution in [0.1, 0.15) is 33.1 Å². The second kappa shape index (κ2) is 4.64. The summed E-state index contributed by atoms with van der Waals surface area (Å²) in [5.74, 6) is 0.738. The third-order valence-electron chi connectivity index (χ3n) is 3.48. The van der Waals surface area contributed by atoms with Crippen LogP contribution in [0.3, 0.4) is 0 Å². The second-order valence-corrected chi connectivity index (χ2v) is 5.39. The Labute approximate surface area is 103 Å². The van der Waals surface area contributed by atoms with Gasteiger partial charge in [0.05, 0.1) is 0 Å². The van der Waals surface area contributed by atoms with E-state index < -0.39 is 5.54 Å². The monoisotopic (exact) mass is 238 g/mol. The molecule has 0 aromatic rings. The fourth-order valence-corrected chi connectivity index (χ4v) is 2.49. The summed E-state index contributed by atoms with van der Waals surface area (Å²) < 4.78 is 0. The molecule has 2 N–H and O–H groups in total. The van der Waals surface area contributed by atoms with Gasteiger partial charge in [-0.1, -0.05) is 0 Å². The molecule has 2 rings (SSSR count). The minimum Gasteiger partial charge on any atom is -0.342 e. The van der Waals surface area contributed by atoms with Crippen molar-refractivity contribution in [3.63, 3.8) is 0 Å². The third-order valence-corrected chi connectivity index (χ3v) is 3.48. The van der Waals surface area contributed by atoms with E-state index in [0.717, 1.165) is 32.4 Å². The van der Waals surface area contributed by atoms with Crippen molar-refractivity contribution in [3.05, 3.63) is 0 Å². The van der Waals surface area contributed by atoms with Gasteiger partial charge in [0.15, 0.2) is 5.96 Å². The van der Waals surface area contributed by atoms with E-state index in [4.69, 9.17) is 0 Å². The van der Waals surface area contributed by atoms with Crippen LogP contribution in [0.2, 0.25) is 0 Å². The lowest BCUT2D eigenvalue weighted by Crippen LogP contribution is -2.47. The Morgan fingerprint density at radius 1 is 1.35 bits per heavy atom. The zero-order valence-electron chi connectivity index (χ0n) is 10.9. The summed E-state index contributed by atoms with van der Waals surface area (Å²) >= 11 is 0. The molecule has 1 atom stereocenters. The molecule has 2 aliphatic heterocycles. The number of rotatable bonds is 1. The van der Waals surface area contributed by atoms with Crippen molar-refractivity contribution in [2.24, 2.45) is 4.99 Å². The Balaban J connectivity index is 2.13. The van der Waals surface area contributed by atoms with Gasteiger partial charge in [0, 0.05) is 12.6 Å². The SMILES string of the molecule is CC(C)N=C1NC(=O)C2(CCCN(C)CC2)N1. The van der Waals surface area contributed by atoms with Gasteiger partial charge in [0.25, 0.3) is 5.91 Å². The minimum absolute atomic E-state index is 0.0900. The van der Waals surface area contributed by atoms with Crippen molar-refractivity contribution < 1.29 is 4.79 Å². The van der Waals surface area contributed by atoms with Gasteiger partial charge in [-0.2, -0.15) is 0 Å². The number of amides is 1. The van der Waals surface area contributed by atoms with Crippen LogP contribution >= 0.6 is 0 Å². The maximum absolute atomic E-state index is 12.1. The van der Waals surface area contributed by atoms with Crippen LogP contribution in [0, 0.1) is 0 Å². The van der Waals surface area contributed by atoms with Crippen molar-refractivity contribution in [1.29, 1.82) is 0 Å². The molecular formula is C12H22N4O. The van der Waals surface area contributed by atoms with Crippen molar-refractivity contribution in [3.8, 4) is 0 Å². The number of likely N-dealkylation sites (tertiary alicyclic amines) is 1. The molecule has 2 fully saturated rings.